The molecule has 0 fully saturated rings. The minimum absolute atomic E-state index is 0.748. The summed E-state index contributed by atoms with van der Waals surface area (Å²) in [5, 5.41) is 5.59. The zero-order chi connectivity index (χ0) is 12.0. The van der Waals surface area contributed by atoms with E-state index in [1.807, 2.05) is 0 Å². The molecule has 0 unspecified atom stereocenters. The standard InChI is InChI=1S/C12H21BrN2S/c1-10(2)8-15(3)5-4-14-7-12-6-11(13)9-16-12/h6,9-10,14H,4-5,7-8H2,1-3H3. The van der Waals surface area contributed by atoms with Gasteiger partial charge in [0.05, 0.1) is 0 Å². The number of thiophene rings is 1. The molecule has 1 rings (SSSR count). The first kappa shape index (κ1) is 14.2. The number of nitrogens with zero attached hydrogens (tertiary/aromatic N) is 1. The lowest BCUT2D eigenvalue weighted by Gasteiger charge is -2.18. The first-order chi connectivity index (χ1) is 7.58. The van der Waals surface area contributed by atoms with Crippen LogP contribution in [0.1, 0.15) is 18.7 Å². The lowest BCUT2D eigenvalue weighted by atomic mass is 10.2. The highest BCUT2D eigenvalue weighted by atomic mass is 79.9. The highest BCUT2D eigenvalue weighted by molar-refractivity contribution is 9.10. The first-order valence-corrected chi connectivity index (χ1v) is 7.37. The SMILES string of the molecule is CC(C)CN(C)CCNCc1cc(Br)cs1. The predicted molar refractivity (Wildman–Crippen MR) is 76.1 cm³/mol. The minimum atomic E-state index is 0.748. The van der Waals surface area contributed by atoms with Crippen LogP contribution in [-0.2, 0) is 6.54 Å². The summed E-state index contributed by atoms with van der Waals surface area (Å²) in [4.78, 5) is 3.76. The molecule has 0 atom stereocenters. The van der Waals surface area contributed by atoms with Crippen LogP contribution in [0.5, 0.6) is 0 Å². The molecule has 0 amide bonds. The van der Waals surface area contributed by atoms with Crippen molar-refractivity contribution in [2.45, 2.75) is 20.4 Å². The van der Waals surface area contributed by atoms with E-state index in [0.29, 0.717) is 0 Å². The van der Waals surface area contributed by atoms with Gasteiger partial charge in [0, 0.05) is 40.9 Å². The van der Waals surface area contributed by atoms with Gasteiger partial charge in [-0.25, -0.2) is 0 Å². The molecule has 4 heteroatoms. The van der Waals surface area contributed by atoms with Crippen LogP contribution < -0.4 is 5.32 Å². The minimum Gasteiger partial charge on any atom is -0.311 e. The molecule has 1 N–H and O–H groups in total. The molecule has 0 saturated carbocycles. The fourth-order valence-corrected chi connectivity index (χ4v) is 3.06. The first-order valence-electron chi connectivity index (χ1n) is 5.70. The van der Waals surface area contributed by atoms with E-state index in [0.717, 1.165) is 25.6 Å². The second-order valence-corrected chi connectivity index (χ2v) is 6.48. The summed E-state index contributed by atoms with van der Waals surface area (Å²) in [6.07, 6.45) is 0. The van der Waals surface area contributed by atoms with Gasteiger partial charge in [-0.1, -0.05) is 13.8 Å². The topological polar surface area (TPSA) is 15.3 Å². The molecular weight excluding hydrogens is 284 g/mol. The Kier molecular flexibility index (Phi) is 6.58. The van der Waals surface area contributed by atoms with Crippen molar-refractivity contribution in [1.82, 2.24) is 10.2 Å². The van der Waals surface area contributed by atoms with Gasteiger partial charge in [0.15, 0.2) is 0 Å². The van der Waals surface area contributed by atoms with Crippen LogP contribution in [0.2, 0.25) is 0 Å². The smallest absolute Gasteiger partial charge is 0.0300 e. The Morgan fingerprint density at radius 1 is 1.50 bits per heavy atom. The molecule has 1 aromatic heterocycles. The van der Waals surface area contributed by atoms with Gasteiger partial charge in [-0.15, -0.1) is 11.3 Å². The molecule has 0 aliphatic heterocycles. The molecular formula is C12H21BrN2S. The van der Waals surface area contributed by atoms with E-state index in [1.54, 1.807) is 11.3 Å². The maximum absolute atomic E-state index is 3.47. The van der Waals surface area contributed by atoms with Crippen molar-refractivity contribution in [3.05, 3.63) is 20.8 Å². The zero-order valence-corrected chi connectivity index (χ0v) is 12.7. The van der Waals surface area contributed by atoms with Crippen LogP contribution in [0, 0.1) is 5.92 Å². The van der Waals surface area contributed by atoms with Crippen molar-refractivity contribution in [3.63, 3.8) is 0 Å². The Balaban J connectivity index is 2.07. The number of hydrogen-bond donors (Lipinski definition) is 1. The van der Waals surface area contributed by atoms with Gasteiger partial charge in [-0.05, 0) is 35.0 Å². The normalized spacial score (nSPS) is 11.6. The van der Waals surface area contributed by atoms with Crippen molar-refractivity contribution in [3.8, 4) is 0 Å². The van der Waals surface area contributed by atoms with Gasteiger partial charge in [-0.3, -0.25) is 0 Å². The van der Waals surface area contributed by atoms with E-state index < -0.39 is 0 Å². The summed E-state index contributed by atoms with van der Waals surface area (Å²) in [5.41, 5.74) is 0. The van der Waals surface area contributed by atoms with Gasteiger partial charge in [0.2, 0.25) is 0 Å². The summed E-state index contributed by atoms with van der Waals surface area (Å²) >= 11 is 5.26. The molecule has 16 heavy (non-hydrogen) atoms. The largest absolute Gasteiger partial charge is 0.311 e. The van der Waals surface area contributed by atoms with E-state index in [4.69, 9.17) is 0 Å². The van der Waals surface area contributed by atoms with Gasteiger partial charge >= 0.3 is 0 Å². The van der Waals surface area contributed by atoms with Crippen LogP contribution in [0.15, 0.2) is 15.9 Å². The second kappa shape index (κ2) is 7.43. The molecule has 0 spiro atoms. The van der Waals surface area contributed by atoms with Crippen LogP contribution in [0.25, 0.3) is 0 Å². The van der Waals surface area contributed by atoms with E-state index in [2.05, 4.69) is 58.5 Å². The lowest BCUT2D eigenvalue weighted by molar-refractivity contribution is 0.294. The number of likely N-dealkylation sites (N-methyl/N-ethyl adjacent to an activating group) is 1. The third-order valence-electron chi connectivity index (χ3n) is 2.27. The van der Waals surface area contributed by atoms with E-state index in [9.17, 15) is 0 Å². The summed E-state index contributed by atoms with van der Waals surface area (Å²) in [6.45, 7) is 8.84. The molecule has 0 aliphatic carbocycles. The van der Waals surface area contributed by atoms with Crippen molar-refractivity contribution in [2.24, 2.45) is 5.92 Å². The molecule has 0 bridgehead atoms. The van der Waals surface area contributed by atoms with Crippen LogP contribution in [-0.4, -0.2) is 31.6 Å². The molecule has 1 aromatic rings. The predicted octanol–water partition coefficient (Wildman–Crippen LogP) is 3.19. The Morgan fingerprint density at radius 2 is 2.25 bits per heavy atom. The molecule has 0 aromatic carbocycles. The van der Waals surface area contributed by atoms with Crippen molar-refractivity contribution >= 4 is 27.3 Å². The van der Waals surface area contributed by atoms with E-state index in [-0.39, 0.29) is 0 Å². The van der Waals surface area contributed by atoms with Crippen molar-refractivity contribution in [1.29, 1.82) is 0 Å². The van der Waals surface area contributed by atoms with E-state index in [1.165, 1.54) is 15.9 Å². The van der Waals surface area contributed by atoms with Crippen molar-refractivity contribution in [2.75, 3.05) is 26.7 Å². The third kappa shape index (κ3) is 5.99. The average Bonchev–Trinajstić information content (AvgIpc) is 2.58. The van der Waals surface area contributed by atoms with Crippen LogP contribution >= 0.6 is 27.3 Å². The van der Waals surface area contributed by atoms with Gasteiger partial charge in [0.25, 0.3) is 0 Å². The summed E-state index contributed by atoms with van der Waals surface area (Å²) in [6, 6.07) is 2.18. The fraction of sp³-hybridized carbons (Fsp3) is 0.667. The van der Waals surface area contributed by atoms with Crippen molar-refractivity contribution < 1.29 is 0 Å². The van der Waals surface area contributed by atoms with E-state index >= 15 is 0 Å². The molecule has 92 valence electrons. The molecule has 1 heterocycles. The molecule has 0 saturated heterocycles. The van der Waals surface area contributed by atoms with Gasteiger partial charge < -0.3 is 10.2 Å². The quantitative estimate of drug-likeness (QED) is 0.778. The maximum Gasteiger partial charge on any atom is 0.0300 e. The van der Waals surface area contributed by atoms with Gasteiger partial charge in [-0.2, -0.15) is 0 Å². The molecule has 0 aliphatic rings. The number of halogens is 1. The van der Waals surface area contributed by atoms with Crippen LogP contribution in [0.4, 0.5) is 0 Å². The monoisotopic (exact) mass is 304 g/mol. The Hall–Kier alpha value is 0.1000. The Morgan fingerprint density at radius 3 is 2.81 bits per heavy atom. The highest BCUT2D eigenvalue weighted by Gasteiger charge is 2.01. The summed E-state index contributed by atoms with van der Waals surface area (Å²) < 4.78 is 1.19. The second-order valence-electron chi connectivity index (χ2n) is 4.56. The Labute approximate surface area is 111 Å². The highest BCUT2D eigenvalue weighted by Crippen LogP contribution is 2.19. The average molecular weight is 305 g/mol. The summed E-state index contributed by atoms with van der Waals surface area (Å²) in [5.74, 6) is 0.748. The third-order valence-corrected chi connectivity index (χ3v) is 3.97. The number of rotatable bonds is 7. The van der Waals surface area contributed by atoms with Gasteiger partial charge in [0.1, 0.15) is 0 Å². The Bertz CT molecular complexity index is 299. The van der Waals surface area contributed by atoms with Crippen LogP contribution in [0.3, 0.4) is 0 Å². The number of nitrogens with one attached hydrogen (secondary N) is 1. The fourth-order valence-electron chi connectivity index (χ4n) is 1.64. The molecule has 0 radical (unpaired) electrons. The maximum atomic E-state index is 3.47. The molecule has 2 nitrogen and oxygen atoms in total. The number of hydrogen-bond acceptors (Lipinski definition) is 3. The lowest BCUT2D eigenvalue weighted by Crippen LogP contribution is -2.31. The summed E-state index contributed by atoms with van der Waals surface area (Å²) in [7, 11) is 2.18. The zero-order valence-electron chi connectivity index (χ0n) is 10.3.